The molecule has 2 N–H and O–H groups in total. The fourth-order valence-corrected chi connectivity index (χ4v) is 5.37. The van der Waals surface area contributed by atoms with Gasteiger partial charge in [-0.2, -0.15) is 0 Å². The van der Waals surface area contributed by atoms with Crippen molar-refractivity contribution in [3.05, 3.63) is 15.9 Å². The van der Waals surface area contributed by atoms with E-state index >= 15 is 0 Å². The van der Waals surface area contributed by atoms with Crippen LogP contribution in [0.5, 0.6) is 0 Å². The van der Waals surface area contributed by atoms with Crippen LogP contribution in [0.1, 0.15) is 33.1 Å². The van der Waals surface area contributed by atoms with E-state index in [4.69, 9.17) is 0 Å². The van der Waals surface area contributed by atoms with E-state index in [1.54, 1.807) is 12.1 Å². The Bertz CT molecular complexity index is 487. The van der Waals surface area contributed by atoms with Gasteiger partial charge in [0.15, 0.2) is 0 Å². The highest BCUT2D eigenvalue weighted by atomic mass is 79.9. The molecule has 1 rings (SSSR count). The van der Waals surface area contributed by atoms with Gasteiger partial charge in [0.1, 0.15) is 4.21 Å². The second-order valence-electron chi connectivity index (χ2n) is 4.43. The summed E-state index contributed by atoms with van der Waals surface area (Å²) >= 11 is 4.42. The zero-order valence-corrected chi connectivity index (χ0v) is 14.3. The standard InChI is InChI=1S/C12H20BrNO3S2/c1-3-5-9(4-2)10(8-15)14-19(16,17)12-7-6-11(13)18-12/h6-7,9-10,14-15H,3-5,8H2,1-2H3/t9-,10+/m0/s1. The molecule has 1 aromatic heterocycles. The van der Waals surface area contributed by atoms with E-state index in [1.165, 1.54) is 0 Å². The van der Waals surface area contributed by atoms with E-state index in [9.17, 15) is 13.5 Å². The molecule has 2 atom stereocenters. The zero-order chi connectivity index (χ0) is 14.5. The van der Waals surface area contributed by atoms with Gasteiger partial charge in [-0.15, -0.1) is 11.3 Å². The number of halogens is 1. The molecule has 7 heteroatoms. The molecular formula is C12H20BrNO3S2. The number of hydrogen-bond acceptors (Lipinski definition) is 4. The van der Waals surface area contributed by atoms with Crippen molar-refractivity contribution in [2.45, 2.75) is 43.4 Å². The van der Waals surface area contributed by atoms with E-state index < -0.39 is 16.1 Å². The van der Waals surface area contributed by atoms with E-state index in [0.29, 0.717) is 0 Å². The Hall–Kier alpha value is 0.0500. The molecule has 0 amide bonds. The predicted molar refractivity (Wildman–Crippen MR) is 81.9 cm³/mol. The summed E-state index contributed by atoms with van der Waals surface area (Å²) in [6.07, 6.45) is 2.72. The number of sulfonamides is 1. The number of rotatable bonds is 8. The monoisotopic (exact) mass is 369 g/mol. The van der Waals surface area contributed by atoms with Gasteiger partial charge >= 0.3 is 0 Å². The van der Waals surface area contributed by atoms with E-state index in [-0.39, 0.29) is 16.7 Å². The van der Waals surface area contributed by atoms with Gasteiger partial charge in [-0.3, -0.25) is 0 Å². The molecule has 0 aliphatic carbocycles. The molecule has 4 nitrogen and oxygen atoms in total. The Balaban J connectivity index is 2.85. The van der Waals surface area contributed by atoms with Crippen molar-refractivity contribution in [1.82, 2.24) is 4.72 Å². The second kappa shape index (κ2) is 7.73. The number of thiophene rings is 1. The van der Waals surface area contributed by atoms with Crippen LogP contribution in [0.3, 0.4) is 0 Å². The number of hydrogen-bond donors (Lipinski definition) is 2. The van der Waals surface area contributed by atoms with Crippen molar-refractivity contribution < 1.29 is 13.5 Å². The Morgan fingerprint density at radius 1 is 1.42 bits per heavy atom. The highest BCUT2D eigenvalue weighted by molar-refractivity contribution is 9.11. The summed E-state index contributed by atoms with van der Waals surface area (Å²) in [4.78, 5) is 0. The Kier molecular flexibility index (Phi) is 6.96. The number of aliphatic hydroxyl groups excluding tert-OH is 1. The van der Waals surface area contributed by atoms with Crippen molar-refractivity contribution in [3.8, 4) is 0 Å². The SMILES string of the molecule is CCC[C@H](CC)[C@@H](CO)NS(=O)(=O)c1ccc(Br)s1. The van der Waals surface area contributed by atoms with Gasteiger partial charge in [-0.05, 0) is 40.4 Å². The van der Waals surface area contributed by atoms with Crippen LogP contribution in [-0.4, -0.2) is 26.2 Å². The third kappa shape index (κ3) is 4.82. The van der Waals surface area contributed by atoms with Gasteiger partial charge < -0.3 is 5.11 Å². The van der Waals surface area contributed by atoms with Gasteiger partial charge in [0.25, 0.3) is 0 Å². The Labute approximate surface area is 127 Å². The lowest BCUT2D eigenvalue weighted by molar-refractivity contribution is 0.205. The molecule has 19 heavy (non-hydrogen) atoms. The van der Waals surface area contributed by atoms with Crippen LogP contribution in [0.4, 0.5) is 0 Å². The minimum atomic E-state index is -3.55. The van der Waals surface area contributed by atoms with E-state index in [0.717, 1.165) is 34.4 Å². The highest BCUT2D eigenvalue weighted by Gasteiger charge is 2.26. The molecular weight excluding hydrogens is 350 g/mol. The van der Waals surface area contributed by atoms with Crippen LogP contribution in [0, 0.1) is 5.92 Å². The van der Waals surface area contributed by atoms with Crippen molar-refractivity contribution >= 4 is 37.3 Å². The first kappa shape index (κ1) is 17.1. The van der Waals surface area contributed by atoms with Crippen LogP contribution < -0.4 is 4.72 Å². The normalized spacial score (nSPS) is 15.4. The fourth-order valence-electron chi connectivity index (χ4n) is 2.04. The number of aliphatic hydroxyl groups is 1. The number of nitrogens with one attached hydrogen (secondary N) is 1. The van der Waals surface area contributed by atoms with Crippen LogP contribution in [-0.2, 0) is 10.0 Å². The molecule has 0 radical (unpaired) electrons. The maximum atomic E-state index is 12.2. The maximum absolute atomic E-state index is 12.2. The molecule has 1 heterocycles. The molecule has 0 saturated heterocycles. The molecule has 110 valence electrons. The molecule has 0 aliphatic heterocycles. The summed E-state index contributed by atoms with van der Waals surface area (Å²) in [6, 6.07) is 2.85. The van der Waals surface area contributed by atoms with Gasteiger partial charge in [-0.25, -0.2) is 13.1 Å². The fraction of sp³-hybridized carbons (Fsp3) is 0.667. The third-order valence-electron chi connectivity index (χ3n) is 3.07. The molecule has 0 aliphatic rings. The van der Waals surface area contributed by atoms with E-state index in [2.05, 4.69) is 27.6 Å². The van der Waals surface area contributed by atoms with Gasteiger partial charge in [-0.1, -0.05) is 26.7 Å². The summed E-state index contributed by atoms with van der Waals surface area (Å²) in [7, 11) is -3.55. The second-order valence-corrected chi connectivity index (χ2v) is 8.83. The van der Waals surface area contributed by atoms with Crippen LogP contribution in [0.15, 0.2) is 20.1 Å². The largest absolute Gasteiger partial charge is 0.395 e. The minimum Gasteiger partial charge on any atom is -0.395 e. The molecule has 0 bridgehead atoms. The molecule has 1 aromatic rings. The summed E-state index contributed by atoms with van der Waals surface area (Å²) in [5.41, 5.74) is 0. The van der Waals surface area contributed by atoms with Gasteiger partial charge in [0.2, 0.25) is 10.0 Å². The molecule has 0 saturated carbocycles. The maximum Gasteiger partial charge on any atom is 0.250 e. The molecule has 0 unspecified atom stereocenters. The van der Waals surface area contributed by atoms with Crippen molar-refractivity contribution in [2.24, 2.45) is 5.92 Å². The van der Waals surface area contributed by atoms with Gasteiger partial charge in [0, 0.05) is 6.04 Å². The lowest BCUT2D eigenvalue weighted by Crippen LogP contribution is -2.42. The first-order chi connectivity index (χ1) is 8.94. The third-order valence-corrected chi connectivity index (χ3v) is 6.67. The average molecular weight is 370 g/mol. The van der Waals surface area contributed by atoms with Crippen LogP contribution in [0.25, 0.3) is 0 Å². The summed E-state index contributed by atoms with van der Waals surface area (Å²) < 4.78 is 28.1. The highest BCUT2D eigenvalue weighted by Crippen LogP contribution is 2.27. The first-order valence-electron chi connectivity index (χ1n) is 6.33. The molecule has 0 spiro atoms. The van der Waals surface area contributed by atoms with E-state index in [1.807, 2.05) is 6.92 Å². The van der Waals surface area contributed by atoms with Gasteiger partial charge in [0.05, 0.1) is 10.4 Å². The average Bonchev–Trinajstić information content (AvgIpc) is 2.81. The topological polar surface area (TPSA) is 66.4 Å². The van der Waals surface area contributed by atoms with Crippen LogP contribution in [0.2, 0.25) is 0 Å². The molecule has 0 fully saturated rings. The molecule has 0 aromatic carbocycles. The van der Waals surface area contributed by atoms with Crippen molar-refractivity contribution in [2.75, 3.05) is 6.61 Å². The van der Waals surface area contributed by atoms with Crippen LogP contribution >= 0.6 is 27.3 Å². The summed E-state index contributed by atoms with van der Waals surface area (Å²) in [6.45, 7) is 3.89. The summed E-state index contributed by atoms with van der Waals surface area (Å²) in [5.74, 6) is 0.160. The summed E-state index contributed by atoms with van der Waals surface area (Å²) in [5, 5.41) is 9.44. The predicted octanol–water partition coefficient (Wildman–Crippen LogP) is 2.98. The Morgan fingerprint density at radius 3 is 2.53 bits per heavy atom. The van der Waals surface area contributed by atoms with Crippen molar-refractivity contribution in [3.63, 3.8) is 0 Å². The zero-order valence-electron chi connectivity index (χ0n) is 11.1. The Morgan fingerprint density at radius 2 is 2.11 bits per heavy atom. The minimum absolute atomic E-state index is 0.160. The smallest absolute Gasteiger partial charge is 0.250 e. The quantitative estimate of drug-likeness (QED) is 0.739. The first-order valence-corrected chi connectivity index (χ1v) is 9.42. The lowest BCUT2D eigenvalue weighted by atomic mass is 9.93. The van der Waals surface area contributed by atoms with Crippen molar-refractivity contribution in [1.29, 1.82) is 0 Å². The lowest BCUT2D eigenvalue weighted by Gasteiger charge is -2.24.